The number of ether oxygens (including phenoxy) is 1. The van der Waals surface area contributed by atoms with Gasteiger partial charge >= 0.3 is 0 Å². The molecule has 6 nitrogen and oxygen atoms in total. The lowest BCUT2D eigenvalue weighted by atomic mass is 10.1. The first-order chi connectivity index (χ1) is 14.6. The molecular weight excluding hydrogens is 407 g/mol. The average molecular weight is 423 g/mol. The molecule has 4 aromatic rings. The van der Waals surface area contributed by atoms with Gasteiger partial charge in [0.1, 0.15) is 30.8 Å². The number of nitrogens with zero attached hydrogens (tertiary/aromatic N) is 3. The van der Waals surface area contributed by atoms with Crippen LogP contribution in [-0.4, -0.2) is 20.7 Å². The molecule has 8 heteroatoms. The Kier molecular flexibility index (Phi) is 5.72. The smallest absolute Gasteiger partial charge is 0.257 e. The van der Waals surface area contributed by atoms with E-state index < -0.39 is 0 Å². The Bertz CT molecular complexity index is 1160. The van der Waals surface area contributed by atoms with Gasteiger partial charge in [0.05, 0.1) is 10.6 Å². The minimum Gasteiger partial charge on any atom is -0.489 e. The standard InChI is InChI=1S/C22H16ClFN4O2/c23-21-9-6-18(28-13-25-26-14-28)11-20(21)22(29)27-17-4-7-19(8-5-17)30-12-15-2-1-3-16(24)10-15/h1-11,13-14H,12H2,(H,27,29). The Morgan fingerprint density at radius 1 is 1.03 bits per heavy atom. The molecule has 150 valence electrons. The number of hydrogen-bond acceptors (Lipinski definition) is 4. The highest BCUT2D eigenvalue weighted by Crippen LogP contribution is 2.22. The van der Waals surface area contributed by atoms with E-state index in [0.717, 1.165) is 11.3 Å². The summed E-state index contributed by atoms with van der Waals surface area (Å²) >= 11 is 6.21. The van der Waals surface area contributed by atoms with Crippen LogP contribution in [0.2, 0.25) is 5.02 Å². The van der Waals surface area contributed by atoms with E-state index in [1.807, 2.05) is 0 Å². The summed E-state index contributed by atoms with van der Waals surface area (Å²) in [5.41, 5.74) is 2.36. The highest BCUT2D eigenvalue weighted by atomic mass is 35.5. The molecule has 30 heavy (non-hydrogen) atoms. The number of amides is 1. The predicted molar refractivity (Wildman–Crippen MR) is 111 cm³/mol. The molecule has 0 saturated carbocycles. The van der Waals surface area contributed by atoms with Crippen molar-refractivity contribution in [1.29, 1.82) is 0 Å². The summed E-state index contributed by atoms with van der Waals surface area (Å²) in [5, 5.41) is 10.7. The largest absolute Gasteiger partial charge is 0.489 e. The van der Waals surface area contributed by atoms with E-state index in [1.54, 1.807) is 59.2 Å². The van der Waals surface area contributed by atoms with Crippen LogP contribution in [0.5, 0.6) is 5.75 Å². The first-order valence-corrected chi connectivity index (χ1v) is 9.39. The Balaban J connectivity index is 1.42. The first-order valence-electron chi connectivity index (χ1n) is 9.02. The summed E-state index contributed by atoms with van der Waals surface area (Å²) in [6, 6.07) is 18.2. The minimum absolute atomic E-state index is 0.245. The monoisotopic (exact) mass is 422 g/mol. The van der Waals surface area contributed by atoms with Crippen LogP contribution >= 0.6 is 11.6 Å². The molecule has 4 rings (SSSR count). The second kappa shape index (κ2) is 8.75. The Hall–Kier alpha value is -3.71. The summed E-state index contributed by atoms with van der Waals surface area (Å²) in [6.07, 6.45) is 3.07. The maximum absolute atomic E-state index is 13.2. The van der Waals surface area contributed by atoms with Crippen molar-refractivity contribution in [2.45, 2.75) is 6.61 Å². The predicted octanol–water partition coefficient (Wildman–Crippen LogP) is 4.89. The number of carbonyl (C=O) groups is 1. The molecule has 0 bridgehead atoms. The maximum atomic E-state index is 13.2. The zero-order valence-electron chi connectivity index (χ0n) is 15.6. The molecule has 0 atom stereocenters. The second-order valence-electron chi connectivity index (χ2n) is 6.43. The number of carbonyl (C=O) groups excluding carboxylic acids is 1. The molecule has 0 aliphatic heterocycles. The van der Waals surface area contributed by atoms with Crippen LogP contribution in [0, 0.1) is 5.82 Å². The van der Waals surface area contributed by atoms with Crippen LogP contribution in [0.1, 0.15) is 15.9 Å². The van der Waals surface area contributed by atoms with Gasteiger partial charge in [-0.25, -0.2) is 4.39 Å². The van der Waals surface area contributed by atoms with Crippen molar-refractivity contribution >= 4 is 23.2 Å². The van der Waals surface area contributed by atoms with E-state index in [9.17, 15) is 9.18 Å². The number of anilines is 1. The number of halogens is 2. The highest BCUT2D eigenvalue weighted by molar-refractivity contribution is 6.34. The molecule has 1 N–H and O–H groups in total. The van der Waals surface area contributed by atoms with E-state index in [-0.39, 0.29) is 18.3 Å². The molecule has 0 aliphatic rings. The SMILES string of the molecule is O=C(Nc1ccc(OCc2cccc(F)c2)cc1)c1cc(-n2cnnc2)ccc1Cl. The summed E-state index contributed by atoms with van der Waals surface area (Å²) in [7, 11) is 0. The average Bonchev–Trinajstić information content (AvgIpc) is 3.28. The Labute approximate surface area is 176 Å². The third-order valence-electron chi connectivity index (χ3n) is 4.32. The van der Waals surface area contributed by atoms with Gasteiger partial charge in [-0.1, -0.05) is 23.7 Å². The minimum atomic E-state index is -0.344. The Morgan fingerprint density at radius 2 is 1.80 bits per heavy atom. The van der Waals surface area contributed by atoms with E-state index >= 15 is 0 Å². The van der Waals surface area contributed by atoms with Gasteiger partial charge in [-0.05, 0) is 60.2 Å². The fourth-order valence-corrected chi connectivity index (χ4v) is 3.01. The van der Waals surface area contributed by atoms with Crippen molar-refractivity contribution in [3.05, 3.63) is 101 Å². The van der Waals surface area contributed by atoms with Gasteiger partial charge in [0.25, 0.3) is 5.91 Å². The van der Waals surface area contributed by atoms with Gasteiger partial charge in [0, 0.05) is 11.4 Å². The fraction of sp³-hybridized carbons (Fsp3) is 0.0455. The van der Waals surface area contributed by atoms with Crippen LogP contribution in [-0.2, 0) is 6.61 Å². The van der Waals surface area contributed by atoms with Gasteiger partial charge in [0.2, 0.25) is 0 Å². The van der Waals surface area contributed by atoms with Crippen molar-refractivity contribution in [2.75, 3.05) is 5.32 Å². The Morgan fingerprint density at radius 3 is 2.53 bits per heavy atom. The van der Waals surface area contributed by atoms with Crippen LogP contribution in [0.25, 0.3) is 5.69 Å². The number of rotatable bonds is 6. The van der Waals surface area contributed by atoms with Crippen molar-refractivity contribution in [3.63, 3.8) is 0 Å². The lowest BCUT2D eigenvalue weighted by Gasteiger charge is -2.10. The second-order valence-corrected chi connectivity index (χ2v) is 6.84. The quantitative estimate of drug-likeness (QED) is 0.480. The van der Waals surface area contributed by atoms with Gasteiger partial charge in [-0.2, -0.15) is 0 Å². The molecule has 1 amide bonds. The molecule has 0 unspecified atom stereocenters. The molecule has 0 spiro atoms. The van der Waals surface area contributed by atoms with Crippen molar-refractivity contribution in [2.24, 2.45) is 0 Å². The van der Waals surface area contributed by atoms with Crippen molar-refractivity contribution in [3.8, 4) is 11.4 Å². The number of aromatic nitrogens is 3. The zero-order chi connectivity index (χ0) is 20.9. The van der Waals surface area contributed by atoms with Gasteiger partial charge in [0.15, 0.2) is 0 Å². The van der Waals surface area contributed by atoms with E-state index in [2.05, 4.69) is 15.5 Å². The third-order valence-corrected chi connectivity index (χ3v) is 4.65. The van der Waals surface area contributed by atoms with E-state index in [0.29, 0.717) is 22.0 Å². The van der Waals surface area contributed by atoms with E-state index in [4.69, 9.17) is 16.3 Å². The topological polar surface area (TPSA) is 69.0 Å². The summed E-state index contributed by atoms with van der Waals surface area (Å²) in [6.45, 7) is 0.245. The number of hydrogen-bond donors (Lipinski definition) is 1. The van der Waals surface area contributed by atoms with Gasteiger partial charge < -0.3 is 10.1 Å². The van der Waals surface area contributed by atoms with Crippen LogP contribution in [0.15, 0.2) is 79.4 Å². The van der Waals surface area contributed by atoms with Crippen molar-refractivity contribution in [1.82, 2.24) is 14.8 Å². The van der Waals surface area contributed by atoms with Crippen LogP contribution in [0.3, 0.4) is 0 Å². The van der Waals surface area contributed by atoms with Gasteiger partial charge in [-0.15, -0.1) is 10.2 Å². The zero-order valence-corrected chi connectivity index (χ0v) is 16.4. The van der Waals surface area contributed by atoms with Crippen LogP contribution < -0.4 is 10.1 Å². The van der Waals surface area contributed by atoms with Crippen LogP contribution in [0.4, 0.5) is 10.1 Å². The molecule has 1 heterocycles. The highest BCUT2D eigenvalue weighted by Gasteiger charge is 2.13. The molecule has 0 fully saturated rings. The molecule has 1 aromatic heterocycles. The lowest BCUT2D eigenvalue weighted by Crippen LogP contribution is -2.13. The fourth-order valence-electron chi connectivity index (χ4n) is 2.81. The lowest BCUT2D eigenvalue weighted by molar-refractivity contribution is 0.102. The third kappa shape index (κ3) is 4.64. The summed E-state index contributed by atoms with van der Waals surface area (Å²) in [5.74, 6) is -0.0468. The molecule has 0 aliphatic carbocycles. The number of benzene rings is 3. The maximum Gasteiger partial charge on any atom is 0.257 e. The molecule has 3 aromatic carbocycles. The van der Waals surface area contributed by atoms with Gasteiger partial charge in [-0.3, -0.25) is 9.36 Å². The molecule has 0 radical (unpaired) electrons. The summed E-state index contributed by atoms with van der Waals surface area (Å²) < 4.78 is 20.6. The van der Waals surface area contributed by atoms with E-state index in [1.165, 1.54) is 24.8 Å². The molecule has 0 saturated heterocycles. The number of nitrogens with one attached hydrogen (secondary N) is 1. The molecular formula is C22H16ClFN4O2. The summed E-state index contributed by atoms with van der Waals surface area (Å²) in [4.78, 5) is 12.7. The first kappa shape index (κ1) is 19.6. The normalized spacial score (nSPS) is 10.6. The van der Waals surface area contributed by atoms with Crippen molar-refractivity contribution < 1.29 is 13.9 Å².